The molecule has 4 nitrogen and oxygen atoms in total. The maximum atomic E-state index is 5.56. The molecule has 0 atom stereocenters. The molecule has 0 fully saturated rings. The summed E-state index contributed by atoms with van der Waals surface area (Å²) in [5.74, 6) is -0.198. The van der Waals surface area contributed by atoms with E-state index in [9.17, 15) is 0 Å². The fraction of sp³-hybridized carbons (Fsp3) is 0.0541. The van der Waals surface area contributed by atoms with Gasteiger partial charge in [0.15, 0.2) is 0 Å². The zero-order chi connectivity index (χ0) is 27.8. The van der Waals surface area contributed by atoms with Crippen LogP contribution in [0.2, 0.25) is 0 Å². The zero-order valence-electron chi connectivity index (χ0n) is 22.8. The van der Waals surface area contributed by atoms with Gasteiger partial charge in [0.05, 0.1) is 22.8 Å². The lowest BCUT2D eigenvalue weighted by Gasteiger charge is -2.24. The molecule has 1 spiro atoms. The van der Waals surface area contributed by atoms with Crippen molar-refractivity contribution in [3.05, 3.63) is 169 Å². The molecule has 4 heteroatoms. The van der Waals surface area contributed by atoms with Crippen LogP contribution in [-0.2, 0) is 5.79 Å². The van der Waals surface area contributed by atoms with Crippen LogP contribution in [0.15, 0.2) is 156 Å². The predicted octanol–water partition coefficient (Wildman–Crippen LogP) is 8.33. The van der Waals surface area contributed by atoms with Crippen molar-refractivity contribution in [2.24, 2.45) is 9.98 Å². The largest absolute Gasteiger partial charge is 0.275 e. The van der Waals surface area contributed by atoms with Gasteiger partial charge in [0, 0.05) is 33.4 Å². The minimum Gasteiger partial charge on any atom is -0.275 e. The van der Waals surface area contributed by atoms with E-state index in [0.29, 0.717) is 0 Å². The van der Waals surface area contributed by atoms with Crippen LogP contribution < -0.4 is 0 Å². The normalized spacial score (nSPS) is 15.1. The van der Waals surface area contributed by atoms with E-state index in [4.69, 9.17) is 15.0 Å². The molecule has 1 aromatic heterocycles. The van der Waals surface area contributed by atoms with Crippen LogP contribution in [0.25, 0.3) is 28.2 Å². The quantitative estimate of drug-likeness (QED) is 0.204. The van der Waals surface area contributed by atoms with Crippen molar-refractivity contribution in [2.45, 2.75) is 12.7 Å². The Morgan fingerprint density at radius 1 is 0.707 bits per heavy atom. The van der Waals surface area contributed by atoms with Gasteiger partial charge in [-0.05, 0) is 6.92 Å². The summed E-state index contributed by atoms with van der Waals surface area (Å²) in [6, 6.07) is 39.5. The summed E-state index contributed by atoms with van der Waals surface area (Å²) in [6.45, 7) is 6.00. The van der Waals surface area contributed by atoms with Gasteiger partial charge in [0.25, 0.3) is 5.79 Å². The number of imidazole rings is 1. The highest BCUT2D eigenvalue weighted by atomic mass is 15.4. The first-order valence-corrected chi connectivity index (χ1v) is 13.8. The smallest absolute Gasteiger partial charge is 0.262 e. The second-order valence-corrected chi connectivity index (χ2v) is 10.0. The van der Waals surface area contributed by atoms with Gasteiger partial charge >= 0.3 is 0 Å². The van der Waals surface area contributed by atoms with Gasteiger partial charge in [-0.25, -0.2) is 15.0 Å². The van der Waals surface area contributed by atoms with Crippen LogP contribution in [0.5, 0.6) is 0 Å². The third-order valence-electron chi connectivity index (χ3n) is 7.54. The van der Waals surface area contributed by atoms with Gasteiger partial charge < -0.3 is 0 Å². The molecule has 0 amide bonds. The lowest BCUT2D eigenvalue weighted by atomic mass is 10.0. The van der Waals surface area contributed by atoms with Crippen LogP contribution in [0.4, 0.5) is 0 Å². The van der Waals surface area contributed by atoms with E-state index < -0.39 is 5.79 Å². The molecular formula is C37H28N4. The molecular weight excluding hydrogens is 500 g/mol. The van der Waals surface area contributed by atoms with Crippen LogP contribution in [0.3, 0.4) is 0 Å². The predicted molar refractivity (Wildman–Crippen MR) is 169 cm³/mol. The number of hydrogen-bond donors (Lipinski definition) is 0. The van der Waals surface area contributed by atoms with Crippen LogP contribution in [0.1, 0.15) is 29.3 Å². The molecule has 0 unspecified atom stereocenters. The van der Waals surface area contributed by atoms with Gasteiger partial charge in [-0.2, -0.15) is 0 Å². The Labute approximate surface area is 240 Å². The maximum absolute atomic E-state index is 5.56. The summed E-state index contributed by atoms with van der Waals surface area (Å²) < 4.78 is 2.24. The summed E-state index contributed by atoms with van der Waals surface area (Å²) in [5, 5.41) is 0. The van der Waals surface area contributed by atoms with E-state index in [-0.39, 0.29) is 0 Å². The van der Waals surface area contributed by atoms with Crippen molar-refractivity contribution < 1.29 is 0 Å². The van der Waals surface area contributed by atoms with E-state index in [1.165, 1.54) is 0 Å². The first-order chi connectivity index (χ1) is 20.2. The molecule has 196 valence electrons. The summed E-state index contributed by atoms with van der Waals surface area (Å²) in [4.78, 5) is 16.4. The number of allylic oxidation sites excluding steroid dienone is 5. The molecule has 0 bridgehead atoms. The molecule has 0 saturated carbocycles. The van der Waals surface area contributed by atoms with E-state index in [1.807, 2.05) is 67.6 Å². The molecule has 0 aliphatic carbocycles. The number of aromatic nitrogens is 2. The van der Waals surface area contributed by atoms with Crippen molar-refractivity contribution in [1.82, 2.24) is 9.55 Å². The zero-order valence-corrected chi connectivity index (χ0v) is 22.8. The van der Waals surface area contributed by atoms with Gasteiger partial charge in [-0.1, -0.05) is 146 Å². The minimum atomic E-state index is -1.05. The summed E-state index contributed by atoms with van der Waals surface area (Å²) in [5.41, 5.74) is 9.71. The third-order valence-corrected chi connectivity index (χ3v) is 7.54. The Hall–Kier alpha value is -5.35. The molecule has 0 saturated heterocycles. The summed E-state index contributed by atoms with van der Waals surface area (Å²) in [6.07, 6.45) is 7.93. The highest BCUT2D eigenvalue weighted by molar-refractivity contribution is 6.54. The Balaban J connectivity index is 1.61. The first-order valence-electron chi connectivity index (χ1n) is 13.8. The summed E-state index contributed by atoms with van der Waals surface area (Å²) >= 11 is 0. The number of hydrogen-bond acceptors (Lipinski definition) is 3. The second kappa shape index (κ2) is 10.00. The van der Waals surface area contributed by atoms with Crippen LogP contribution in [-0.4, -0.2) is 21.0 Å². The van der Waals surface area contributed by atoms with E-state index >= 15 is 0 Å². The van der Waals surface area contributed by atoms with Crippen molar-refractivity contribution in [3.8, 4) is 22.6 Å². The van der Waals surface area contributed by atoms with E-state index in [1.54, 1.807) is 0 Å². The number of aliphatic imine (C=N–C) groups is 2. The monoisotopic (exact) mass is 528 g/mol. The molecule has 2 aliphatic rings. The molecule has 7 rings (SSSR count). The lowest BCUT2D eigenvalue weighted by Crippen LogP contribution is -2.27. The van der Waals surface area contributed by atoms with E-state index in [0.717, 1.165) is 62.0 Å². The van der Waals surface area contributed by atoms with Gasteiger partial charge in [-0.3, -0.25) is 4.57 Å². The molecule has 5 aromatic rings. The third kappa shape index (κ3) is 3.87. The average Bonchev–Trinajstić information content (AvgIpc) is 3.70. The van der Waals surface area contributed by atoms with Crippen molar-refractivity contribution >= 4 is 17.0 Å². The SMILES string of the molecule is C=C/C=C(\C=C/C)c1nc2n(c1-c1ccccc1)C1(N=C(c3ccccc3)C(c3ccccc3)=N1)c1ccccc1-2. The second-order valence-electron chi connectivity index (χ2n) is 10.0. The number of nitrogens with zero attached hydrogens (tertiary/aromatic N) is 4. The molecule has 0 N–H and O–H groups in total. The average molecular weight is 529 g/mol. The fourth-order valence-corrected chi connectivity index (χ4v) is 5.84. The minimum absolute atomic E-state index is 0.850. The highest BCUT2D eigenvalue weighted by Gasteiger charge is 2.50. The Kier molecular flexibility index (Phi) is 6.02. The van der Waals surface area contributed by atoms with E-state index in [2.05, 4.69) is 90.0 Å². The molecule has 4 aromatic carbocycles. The lowest BCUT2D eigenvalue weighted by molar-refractivity contribution is 0.427. The Bertz CT molecular complexity index is 1830. The molecule has 3 heterocycles. The van der Waals surface area contributed by atoms with Crippen molar-refractivity contribution in [2.75, 3.05) is 0 Å². The van der Waals surface area contributed by atoms with Gasteiger partial charge in [0.2, 0.25) is 0 Å². The van der Waals surface area contributed by atoms with Gasteiger partial charge in [0.1, 0.15) is 5.82 Å². The Morgan fingerprint density at radius 2 is 1.24 bits per heavy atom. The van der Waals surface area contributed by atoms with Crippen LogP contribution >= 0.6 is 0 Å². The number of fused-ring (bicyclic) bond motifs is 5. The van der Waals surface area contributed by atoms with Crippen molar-refractivity contribution in [1.29, 1.82) is 0 Å². The highest BCUT2D eigenvalue weighted by Crippen LogP contribution is 2.52. The number of benzene rings is 4. The number of rotatable bonds is 6. The summed E-state index contributed by atoms with van der Waals surface area (Å²) in [7, 11) is 0. The van der Waals surface area contributed by atoms with Gasteiger partial charge in [-0.15, -0.1) is 0 Å². The topological polar surface area (TPSA) is 42.5 Å². The van der Waals surface area contributed by atoms with Crippen molar-refractivity contribution in [3.63, 3.8) is 0 Å². The standard InChI is InChI=1S/C37H28N4/c1-3-16-26(17-4-2)34-35(29-22-12-7-13-23-29)41-36(38-34)30-24-14-15-25-31(30)37(41)39-32(27-18-8-5-9-19-27)33(40-37)28-20-10-6-11-21-28/h3-25H,1H2,2H3/b17-4-,26-16+. The Morgan fingerprint density at radius 3 is 1.80 bits per heavy atom. The van der Waals surface area contributed by atoms with Crippen LogP contribution in [0, 0.1) is 0 Å². The first kappa shape index (κ1) is 24.7. The maximum Gasteiger partial charge on any atom is 0.262 e. The molecule has 2 aliphatic heterocycles. The molecule has 41 heavy (non-hydrogen) atoms. The fourth-order valence-electron chi connectivity index (χ4n) is 5.84. The molecule has 0 radical (unpaired) electrons.